The number of halogens is 2. The second-order valence-electron chi connectivity index (χ2n) is 4.70. The van der Waals surface area contributed by atoms with E-state index in [4.69, 9.17) is 0 Å². The molecule has 0 amide bonds. The molecule has 0 saturated heterocycles. The van der Waals surface area contributed by atoms with Crippen molar-refractivity contribution in [2.24, 2.45) is 5.92 Å². The molecule has 0 bridgehead atoms. The summed E-state index contributed by atoms with van der Waals surface area (Å²) in [6.45, 7) is 2.85. The highest BCUT2D eigenvalue weighted by Gasteiger charge is 2.43. The molecular weight excluding hydrogens is 224 g/mol. The molecule has 2 unspecified atom stereocenters. The van der Waals surface area contributed by atoms with Gasteiger partial charge >= 0.3 is 0 Å². The van der Waals surface area contributed by atoms with Crippen LogP contribution in [0.15, 0.2) is 12.4 Å². The van der Waals surface area contributed by atoms with Gasteiger partial charge in [-0.05, 0) is 26.3 Å². The Balaban J connectivity index is 2.17. The van der Waals surface area contributed by atoms with E-state index in [1.807, 2.05) is 24.7 Å². The maximum Gasteiger partial charge on any atom is 0.248 e. The summed E-state index contributed by atoms with van der Waals surface area (Å²) in [5, 5.41) is 3.14. The van der Waals surface area contributed by atoms with E-state index in [-0.39, 0.29) is 24.8 Å². The summed E-state index contributed by atoms with van der Waals surface area (Å²) >= 11 is 0. The van der Waals surface area contributed by atoms with Gasteiger partial charge in [0.25, 0.3) is 0 Å². The Morgan fingerprint density at radius 1 is 1.65 bits per heavy atom. The average Bonchev–Trinajstić information content (AvgIpc) is 2.87. The number of alkyl halides is 2. The van der Waals surface area contributed by atoms with E-state index in [2.05, 4.69) is 10.3 Å². The first-order valence-corrected chi connectivity index (χ1v) is 6.13. The highest BCUT2D eigenvalue weighted by atomic mass is 19.3. The molecule has 0 radical (unpaired) electrons. The fourth-order valence-corrected chi connectivity index (χ4v) is 2.71. The average molecular weight is 243 g/mol. The Kier molecular flexibility index (Phi) is 3.47. The van der Waals surface area contributed by atoms with Gasteiger partial charge in [0.05, 0.1) is 6.04 Å². The highest BCUT2D eigenvalue weighted by Crippen LogP contribution is 2.43. The largest absolute Gasteiger partial charge is 0.334 e. The summed E-state index contributed by atoms with van der Waals surface area (Å²) in [5.74, 6) is -1.65. The molecule has 2 atom stereocenters. The summed E-state index contributed by atoms with van der Waals surface area (Å²) in [7, 11) is 1.82. The molecule has 1 N–H and O–H groups in total. The molecule has 1 aliphatic carbocycles. The number of nitrogens with zero attached hydrogens (tertiary/aromatic N) is 2. The fourth-order valence-electron chi connectivity index (χ4n) is 2.71. The zero-order chi connectivity index (χ0) is 12.5. The van der Waals surface area contributed by atoms with Crippen LogP contribution >= 0.6 is 0 Å². The van der Waals surface area contributed by atoms with Crippen LogP contribution in [0.5, 0.6) is 0 Å². The molecule has 0 aliphatic heterocycles. The van der Waals surface area contributed by atoms with Crippen LogP contribution in [0.25, 0.3) is 0 Å². The van der Waals surface area contributed by atoms with Gasteiger partial charge in [-0.2, -0.15) is 0 Å². The van der Waals surface area contributed by atoms with Crippen molar-refractivity contribution in [3.05, 3.63) is 18.2 Å². The molecule has 1 heterocycles. The van der Waals surface area contributed by atoms with Gasteiger partial charge in [-0.3, -0.25) is 0 Å². The van der Waals surface area contributed by atoms with Crippen molar-refractivity contribution < 1.29 is 8.78 Å². The Labute approximate surface area is 100 Å². The number of aromatic nitrogens is 2. The third-order valence-electron chi connectivity index (χ3n) is 3.59. The van der Waals surface area contributed by atoms with Crippen molar-refractivity contribution in [2.45, 2.75) is 44.7 Å². The SMILES string of the molecule is CCn1ccnc1C(NC)C1CCC(F)(F)C1. The number of hydrogen-bond acceptors (Lipinski definition) is 2. The van der Waals surface area contributed by atoms with Gasteiger partial charge < -0.3 is 9.88 Å². The number of hydrogen-bond donors (Lipinski definition) is 1. The Bertz CT molecular complexity index is 376. The first-order valence-electron chi connectivity index (χ1n) is 6.13. The lowest BCUT2D eigenvalue weighted by Crippen LogP contribution is -2.28. The van der Waals surface area contributed by atoms with E-state index in [1.54, 1.807) is 6.20 Å². The molecular formula is C12H19F2N3. The lowest BCUT2D eigenvalue weighted by atomic mass is 9.97. The fraction of sp³-hybridized carbons (Fsp3) is 0.750. The Hall–Kier alpha value is -0.970. The monoisotopic (exact) mass is 243 g/mol. The first kappa shape index (κ1) is 12.5. The lowest BCUT2D eigenvalue weighted by molar-refractivity contribution is 0.00320. The van der Waals surface area contributed by atoms with Crippen LogP contribution < -0.4 is 5.32 Å². The van der Waals surface area contributed by atoms with E-state index in [9.17, 15) is 8.78 Å². The molecule has 5 heteroatoms. The smallest absolute Gasteiger partial charge is 0.248 e. The van der Waals surface area contributed by atoms with Crippen molar-refractivity contribution in [2.75, 3.05) is 7.05 Å². The maximum atomic E-state index is 13.3. The number of imidazole rings is 1. The van der Waals surface area contributed by atoms with E-state index >= 15 is 0 Å². The van der Waals surface area contributed by atoms with E-state index < -0.39 is 5.92 Å². The topological polar surface area (TPSA) is 29.9 Å². The quantitative estimate of drug-likeness (QED) is 0.881. The molecule has 1 saturated carbocycles. The predicted molar refractivity (Wildman–Crippen MR) is 62.0 cm³/mol. The molecule has 3 nitrogen and oxygen atoms in total. The molecule has 0 spiro atoms. The van der Waals surface area contributed by atoms with Crippen molar-refractivity contribution >= 4 is 0 Å². The Morgan fingerprint density at radius 3 is 2.94 bits per heavy atom. The molecule has 17 heavy (non-hydrogen) atoms. The minimum absolute atomic E-state index is 0.00266. The van der Waals surface area contributed by atoms with Crippen LogP contribution in [0.1, 0.15) is 38.1 Å². The second kappa shape index (κ2) is 4.72. The highest BCUT2D eigenvalue weighted by molar-refractivity contribution is 5.04. The molecule has 0 aromatic carbocycles. The standard InChI is InChI=1S/C12H19F2N3/c1-3-17-7-6-16-11(17)10(15-2)9-4-5-12(13,14)8-9/h6-7,9-10,15H,3-5,8H2,1-2H3. The zero-order valence-electron chi connectivity index (χ0n) is 10.3. The molecule has 1 aromatic heterocycles. The minimum Gasteiger partial charge on any atom is -0.334 e. The minimum atomic E-state index is -2.50. The van der Waals surface area contributed by atoms with Gasteiger partial charge in [-0.15, -0.1) is 0 Å². The summed E-state index contributed by atoms with van der Waals surface area (Å²) in [6.07, 6.45) is 4.16. The number of rotatable bonds is 4. The summed E-state index contributed by atoms with van der Waals surface area (Å²) in [4.78, 5) is 4.31. The third-order valence-corrected chi connectivity index (χ3v) is 3.59. The number of aryl methyl sites for hydroxylation is 1. The van der Waals surface area contributed by atoms with Gasteiger partial charge in [0, 0.05) is 31.8 Å². The van der Waals surface area contributed by atoms with Crippen molar-refractivity contribution in [1.82, 2.24) is 14.9 Å². The van der Waals surface area contributed by atoms with Crippen LogP contribution in [0.4, 0.5) is 8.78 Å². The van der Waals surface area contributed by atoms with Gasteiger partial charge in [0.1, 0.15) is 5.82 Å². The lowest BCUT2D eigenvalue weighted by Gasteiger charge is -2.23. The van der Waals surface area contributed by atoms with Crippen molar-refractivity contribution in [1.29, 1.82) is 0 Å². The van der Waals surface area contributed by atoms with Gasteiger partial charge in [-0.1, -0.05) is 0 Å². The van der Waals surface area contributed by atoms with Gasteiger partial charge in [0.15, 0.2) is 0 Å². The van der Waals surface area contributed by atoms with Crippen LogP contribution in [-0.4, -0.2) is 22.5 Å². The molecule has 1 fully saturated rings. The maximum absolute atomic E-state index is 13.3. The number of nitrogens with one attached hydrogen (secondary N) is 1. The van der Waals surface area contributed by atoms with Crippen LogP contribution in [0.3, 0.4) is 0 Å². The molecule has 1 aromatic rings. The molecule has 1 aliphatic rings. The van der Waals surface area contributed by atoms with Gasteiger partial charge in [0.2, 0.25) is 5.92 Å². The van der Waals surface area contributed by atoms with Crippen molar-refractivity contribution in [3.63, 3.8) is 0 Å². The summed E-state index contributed by atoms with van der Waals surface area (Å²) < 4.78 is 28.5. The molecule has 96 valence electrons. The van der Waals surface area contributed by atoms with E-state index in [0.29, 0.717) is 6.42 Å². The predicted octanol–water partition coefficient (Wildman–Crippen LogP) is 2.60. The first-order chi connectivity index (χ1) is 8.07. The zero-order valence-corrected chi connectivity index (χ0v) is 10.3. The van der Waals surface area contributed by atoms with E-state index in [0.717, 1.165) is 12.4 Å². The third kappa shape index (κ3) is 2.49. The Morgan fingerprint density at radius 2 is 2.41 bits per heavy atom. The normalized spacial score (nSPS) is 25.1. The molecule has 2 rings (SSSR count). The summed E-state index contributed by atoms with van der Waals surface area (Å²) in [5.41, 5.74) is 0. The van der Waals surface area contributed by atoms with Gasteiger partial charge in [-0.25, -0.2) is 13.8 Å². The second-order valence-corrected chi connectivity index (χ2v) is 4.70. The summed E-state index contributed by atoms with van der Waals surface area (Å²) in [6, 6.07) is -0.0710. The van der Waals surface area contributed by atoms with E-state index in [1.165, 1.54) is 0 Å². The van der Waals surface area contributed by atoms with Crippen molar-refractivity contribution in [3.8, 4) is 0 Å². The van der Waals surface area contributed by atoms with Crippen LogP contribution in [-0.2, 0) is 6.54 Å². The van der Waals surface area contributed by atoms with Crippen LogP contribution in [0, 0.1) is 5.92 Å². The van der Waals surface area contributed by atoms with Crippen LogP contribution in [0.2, 0.25) is 0 Å².